The molecule has 0 aliphatic rings. The molecule has 2 aromatic rings. The maximum absolute atomic E-state index is 4.02. The summed E-state index contributed by atoms with van der Waals surface area (Å²) in [5.74, 6) is 0. The zero-order valence-electron chi connectivity index (χ0n) is 11.4. The number of nitrogens with zero attached hydrogens (tertiary/aromatic N) is 4. The van der Waals surface area contributed by atoms with Crippen LogP contribution in [-0.4, -0.2) is 20.2 Å². The first-order valence-electron chi connectivity index (χ1n) is 5.95. The van der Waals surface area contributed by atoms with E-state index in [1.165, 1.54) is 22.3 Å². The van der Waals surface area contributed by atoms with E-state index in [0.29, 0.717) is 5.25 Å². The summed E-state index contributed by atoms with van der Waals surface area (Å²) in [6, 6.07) is 4.46. The van der Waals surface area contributed by atoms with Gasteiger partial charge in [-0.3, -0.25) is 0 Å². The van der Waals surface area contributed by atoms with Crippen LogP contribution in [-0.2, 0) is 7.05 Å². The zero-order valence-corrected chi connectivity index (χ0v) is 12.2. The highest BCUT2D eigenvalue weighted by molar-refractivity contribution is 7.99. The molecule has 1 aromatic carbocycles. The Balaban J connectivity index is 2.29. The van der Waals surface area contributed by atoms with Crippen molar-refractivity contribution in [1.82, 2.24) is 20.2 Å². The maximum Gasteiger partial charge on any atom is 0.209 e. The quantitative estimate of drug-likeness (QED) is 0.798. The van der Waals surface area contributed by atoms with E-state index in [9.17, 15) is 0 Å². The molecular weight excluding hydrogens is 244 g/mol. The van der Waals surface area contributed by atoms with Crippen molar-refractivity contribution >= 4 is 11.8 Å². The first-order valence-corrected chi connectivity index (χ1v) is 6.83. The molecule has 5 heteroatoms. The summed E-state index contributed by atoms with van der Waals surface area (Å²) >= 11 is 1.69. The van der Waals surface area contributed by atoms with Crippen molar-refractivity contribution < 1.29 is 0 Å². The molecule has 0 N–H and O–H groups in total. The molecule has 0 aliphatic carbocycles. The molecular formula is C13H18N4S. The molecule has 1 atom stereocenters. The van der Waals surface area contributed by atoms with Crippen LogP contribution in [0.15, 0.2) is 17.3 Å². The van der Waals surface area contributed by atoms with Gasteiger partial charge in [-0.05, 0) is 54.8 Å². The number of aryl methyl sites for hydroxylation is 4. The van der Waals surface area contributed by atoms with Crippen LogP contribution in [0.3, 0.4) is 0 Å². The van der Waals surface area contributed by atoms with E-state index in [1.54, 1.807) is 16.4 Å². The molecule has 0 unspecified atom stereocenters. The number of hydrogen-bond acceptors (Lipinski definition) is 4. The van der Waals surface area contributed by atoms with Crippen LogP contribution in [0.5, 0.6) is 0 Å². The van der Waals surface area contributed by atoms with Gasteiger partial charge in [0.25, 0.3) is 0 Å². The van der Waals surface area contributed by atoms with Crippen LogP contribution >= 0.6 is 11.8 Å². The molecule has 0 fully saturated rings. The van der Waals surface area contributed by atoms with E-state index in [4.69, 9.17) is 0 Å². The minimum absolute atomic E-state index is 0.343. The smallest absolute Gasteiger partial charge is 0.209 e. The molecule has 0 bridgehead atoms. The summed E-state index contributed by atoms with van der Waals surface area (Å²) in [7, 11) is 1.86. The predicted molar refractivity (Wildman–Crippen MR) is 73.7 cm³/mol. The number of benzene rings is 1. The van der Waals surface area contributed by atoms with Crippen molar-refractivity contribution in [2.24, 2.45) is 7.05 Å². The van der Waals surface area contributed by atoms with Crippen molar-refractivity contribution in [1.29, 1.82) is 0 Å². The summed E-state index contributed by atoms with van der Waals surface area (Å²) in [5.41, 5.74) is 5.37. The third-order valence-electron chi connectivity index (χ3n) is 3.01. The van der Waals surface area contributed by atoms with Crippen LogP contribution in [0, 0.1) is 20.8 Å². The Labute approximate surface area is 112 Å². The molecule has 0 saturated carbocycles. The van der Waals surface area contributed by atoms with Crippen molar-refractivity contribution in [2.45, 2.75) is 38.1 Å². The predicted octanol–water partition coefficient (Wildman–Crippen LogP) is 2.99. The van der Waals surface area contributed by atoms with Crippen LogP contribution in [0.4, 0.5) is 0 Å². The lowest BCUT2D eigenvalue weighted by Crippen LogP contribution is -2.00. The molecule has 0 aliphatic heterocycles. The SMILES string of the molecule is Cc1cc(C)c([C@@H](C)Sc2nnnn2C)c(C)c1. The first-order chi connectivity index (χ1) is 8.49. The second-order valence-corrected chi connectivity index (χ2v) is 5.97. The van der Waals surface area contributed by atoms with Crippen LogP contribution in [0.1, 0.15) is 34.4 Å². The number of hydrogen-bond donors (Lipinski definition) is 0. The average Bonchev–Trinajstić information content (AvgIpc) is 2.62. The molecule has 0 amide bonds. The lowest BCUT2D eigenvalue weighted by atomic mass is 9.98. The monoisotopic (exact) mass is 262 g/mol. The Morgan fingerprint density at radius 3 is 2.28 bits per heavy atom. The van der Waals surface area contributed by atoms with Gasteiger partial charge >= 0.3 is 0 Å². The van der Waals surface area contributed by atoms with Crippen LogP contribution in [0.25, 0.3) is 0 Å². The number of rotatable bonds is 3. The second-order valence-electron chi connectivity index (χ2n) is 4.66. The van der Waals surface area contributed by atoms with Gasteiger partial charge in [0.15, 0.2) is 0 Å². The van der Waals surface area contributed by atoms with E-state index in [0.717, 1.165) is 5.16 Å². The first kappa shape index (κ1) is 13.1. The Hall–Kier alpha value is -1.36. The van der Waals surface area contributed by atoms with E-state index in [-0.39, 0.29) is 0 Å². The molecule has 1 heterocycles. The minimum atomic E-state index is 0.343. The lowest BCUT2D eigenvalue weighted by molar-refractivity contribution is 0.663. The second kappa shape index (κ2) is 5.10. The number of aromatic nitrogens is 4. The van der Waals surface area contributed by atoms with Gasteiger partial charge < -0.3 is 0 Å². The largest absolute Gasteiger partial charge is 0.224 e. The third kappa shape index (κ3) is 2.56. The van der Waals surface area contributed by atoms with E-state index in [1.807, 2.05) is 7.05 Å². The highest BCUT2D eigenvalue weighted by atomic mass is 32.2. The number of tetrazole rings is 1. The molecule has 1 aromatic heterocycles. The molecule has 18 heavy (non-hydrogen) atoms. The molecule has 4 nitrogen and oxygen atoms in total. The van der Waals surface area contributed by atoms with E-state index < -0.39 is 0 Å². The molecule has 0 radical (unpaired) electrons. The van der Waals surface area contributed by atoms with Gasteiger partial charge in [0.2, 0.25) is 5.16 Å². The molecule has 0 spiro atoms. The van der Waals surface area contributed by atoms with Crippen molar-refractivity contribution in [3.8, 4) is 0 Å². The standard InChI is InChI=1S/C13H18N4S/c1-8-6-9(2)12(10(3)7-8)11(4)18-13-14-15-16-17(13)5/h6-7,11H,1-5H3/t11-/m1/s1. The fourth-order valence-corrected chi connectivity index (χ4v) is 3.45. The van der Waals surface area contributed by atoms with Crippen molar-refractivity contribution in [2.75, 3.05) is 0 Å². The fourth-order valence-electron chi connectivity index (χ4n) is 2.37. The number of thioether (sulfide) groups is 1. The summed E-state index contributed by atoms with van der Waals surface area (Å²) < 4.78 is 1.71. The van der Waals surface area contributed by atoms with Gasteiger partial charge in [-0.2, -0.15) is 0 Å². The highest BCUT2D eigenvalue weighted by Gasteiger charge is 2.16. The summed E-state index contributed by atoms with van der Waals surface area (Å²) in [6.45, 7) is 8.67. The lowest BCUT2D eigenvalue weighted by Gasteiger charge is -2.17. The van der Waals surface area contributed by atoms with Gasteiger partial charge in [0, 0.05) is 12.3 Å². The van der Waals surface area contributed by atoms with Crippen molar-refractivity contribution in [3.63, 3.8) is 0 Å². The highest BCUT2D eigenvalue weighted by Crippen LogP contribution is 2.36. The summed E-state index contributed by atoms with van der Waals surface area (Å²) in [5, 5.41) is 12.7. The van der Waals surface area contributed by atoms with Gasteiger partial charge in [-0.1, -0.05) is 29.5 Å². The Bertz CT molecular complexity index is 539. The van der Waals surface area contributed by atoms with Gasteiger partial charge in [-0.15, -0.1) is 5.10 Å². The van der Waals surface area contributed by atoms with E-state index in [2.05, 4.69) is 55.4 Å². The van der Waals surface area contributed by atoms with Crippen LogP contribution in [0.2, 0.25) is 0 Å². The third-order valence-corrected chi connectivity index (χ3v) is 4.15. The molecule has 0 saturated heterocycles. The zero-order chi connectivity index (χ0) is 13.3. The Kier molecular flexibility index (Phi) is 3.71. The van der Waals surface area contributed by atoms with Gasteiger partial charge in [0.1, 0.15) is 0 Å². The summed E-state index contributed by atoms with van der Waals surface area (Å²) in [6.07, 6.45) is 0. The summed E-state index contributed by atoms with van der Waals surface area (Å²) in [4.78, 5) is 0. The molecule has 96 valence electrons. The van der Waals surface area contributed by atoms with Gasteiger partial charge in [-0.25, -0.2) is 4.68 Å². The Morgan fingerprint density at radius 1 is 1.17 bits per heavy atom. The Morgan fingerprint density at radius 2 is 1.78 bits per heavy atom. The minimum Gasteiger partial charge on any atom is -0.224 e. The molecule has 2 rings (SSSR count). The van der Waals surface area contributed by atoms with Crippen LogP contribution < -0.4 is 0 Å². The van der Waals surface area contributed by atoms with E-state index >= 15 is 0 Å². The topological polar surface area (TPSA) is 43.6 Å². The van der Waals surface area contributed by atoms with Crippen molar-refractivity contribution in [3.05, 3.63) is 34.4 Å². The average molecular weight is 262 g/mol. The maximum atomic E-state index is 4.02. The fraction of sp³-hybridized carbons (Fsp3) is 0.462. The van der Waals surface area contributed by atoms with Gasteiger partial charge in [0.05, 0.1) is 0 Å². The normalized spacial score (nSPS) is 12.7.